The normalized spacial score (nSPS) is 19.3. The van der Waals surface area contributed by atoms with Crippen molar-refractivity contribution in [3.63, 3.8) is 0 Å². The van der Waals surface area contributed by atoms with Crippen molar-refractivity contribution in [2.45, 2.75) is 103 Å². The summed E-state index contributed by atoms with van der Waals surface area (Å²) in [6, 6.07) is 13.2. The van der Waals surface area contributed by atoms with Crippen molar-refractivity contribution in [2.75, 3.05) is 20.1 Å². The Kier molecular flexibility index (Phi) is 10.1. The Hall–Kier alpha value is -2.44. The van der Waals surface area contributed by atoms with Crippen molar-refractivity contribution in [3.8, 4) is 0 Å². The van der Waals surface area contributed by atoms with Crippen molar-refractivity contribution in [1.82, 2.24) is 14.0 Å². The number of para-hydroxylation sites is 2. The molecule has 4 rings (SSSR count). The fourth-order valence-corrected chi connectivity index (χ4v) is 6.67. The maximum absolute atomic E-state index is 13.8. The highest BCUT2D eigenvalue weighted by atomic mass is 19.1. The molecule has 0 unspecified atom stereocenters. The number of aromatic nitrogens is 2. The lowest BCUT2D eigenvalue weighted by atomic mass is 9.66. The van der Waals surface area contributed by atoms with Crippen LogP contribution in [0.5, 0.6) is 0 Å². The van der Waals surface area contributed by atoms with E-state index in [2.05, 4.69) is 44.9 Å². The molecule has 0 saturated carbocycles. The zero-order valence-electron chi connectivity index (χ0n) is 24.5. The zero-order chi connectivity index (χ0) is 28.0. The van der Waals surface area contributed by atoms with Crippen molar-refractivity contribution < 1.29 is 9.50 Å². The molecule has 39 heavy (non-hydrogen) atoms. The predicted molar refractivity (Wildman–Crippen MR) is 159 cm³/mol. The van der Waals surface area contributed by atoms with Gasteiger partial charge in [0.15, 0.2) is 0 Å². The van der Waals surface area contributed by atoms with Gasteiger partial charge in [-0.25, -0.2) is 9.18 Å². The Morgan fingerprint density at radius 1 is 1.00 bits per heavy atom. The van der Waals surface area contributed by atoms with E-state index in [-0.39, 0.29) is 23.3 Å². The van der Waals surface area contributed by atoms with Crippen molar-refractivity contribution in [2.24, 2.45) is 5.92 Å². The SMILES string of the molecule is CCCCn1c(=O)n(CCCCCCN(C)CC[C@@]2(O)CCc3cc(F)ccc3[C@@H]2C(C)C)c2ccccc21. The maximum atomic E-state index is 13.8. The maximum Gasteiger partial charge on any atom is 0.329 e. The highest BCUT2D eigenvalue weighted by Gasteiger charge is 2.43. The Morgan fingerprint density at radius 3 is 2.33 bits per heavy atom. The van der Waals surface area contributed by atoms with E-state index in [0.717, 1.165) is 99.7 Å². The number of imidazole rings is 1. The van der Waals surface area contributed by atoms with Gasteiger partial charge in [-0.1, -0.05) is 58.2 Å². The van der Waals surface area contributed by atoms with Crippen molar-refractivity contribution in [1.29, 1.82) is 0 Å². The summed E-state index contributed by atoms with van der Waals surface area (Å²) in [6.45, 7) is 9.88. The monoisotopic (exact) mass is 537 g/mol. The molecular weight excluding hydrogens is 489 g/mol. The highest BCUT2D eigenvalue weighted by Crippen LogP contribution is 2.45. The van der Waals surface area contributed by atoms with Crippen LogP contribution in [0, 0.1) is 11.7 Å². The molecule has 3 aromatic rings. The number of rotatable bonds is 14. The average Bonchev–Trinajstić information content (AvgIpc) is 3.18. The lowest BCUT2D eigenvalue weighted by molar-refractivity contribution is -0.0301. The topological polar surface area (TPSA) is 50.4 Å². The van der Waals surface area contributed by atoms with E-state index in [4.69, 9.17) is 0 Å². The number of benzene rings is 2. The van der Waals surface area contributed by atoms with E-state index in [1.807, 2.05) is 27.3 Å². The summed E-state index contributed by atoms with van der Waals surface area (Å²) in [5.74, 6) is 0.136. The van der Waals surface area contributed by atoms with E-state index in [0.29, 0.717) is 6.42 Å². The van der Waals surface area contributed by atoms with Crippen LogP contribution in [0.1, 0.15) is 89.2 Å². The van der Waals surface area contributed by atoms with Gasteiger partial charge in [-0.15, -0.1) is 0 Å². The number of fused-ring (bicyclic) bond motifs is 2. The Bertz CT molecular complexity index is 1280. The number of hydrogen-bond acceptors (Lipinski definition) is 3. The molecular formula is C33H48FN3O2. The van der Waals surface area contributed by atoms with Crippen LogP contribution in [-0.2, 0) is 19.5 Å². The van der Waals surface area contributed by atoms with E-state index in [9.17, 15) is 14.3 Å². The van der Waals surface area contributed by atoms with Gasteiger partial charge in [0.1, 0.15) is 5.82 Å². The Labute approximate surface area is 233 Å². The number of halogens is 1. The molecule has 1 heterocycles. The van der Waals surface area contributed by atoms with Gasteiger partial charge in [-0.2, -0.15) is 0 Å². The molecule has 0 bridgehead atoms. The van der Waals surface area contributed by atoms with Crippen LogP contribution in [0.25, 0.3) is 11.0 Å². The van der Waals surface area contributed by atoms with Gasteiger partial charge in [-0.05, 0) is 93.4 Å². The van der Waals surface area contributed by atoms with Crippen molar-refractivity contribution in [3.05, 3.63) is 69.9 Å². The summed E-state index contributed by atoms with van der Waals surface area (Å²) >= 11 is 0. The van der Waals surface area contributed by atoms with Crippen LogP contribution >= 0.6 is 0 Å². The molecule has 1 aliphatic rings. The minimum atomic E-state index is -0.753. The largest absolute Gasteiger partial charge is 0.389 e. The number of nitrogens with zero attached hydrogens (tertiary/aromatic N) is 3. The van der Waals surface area contributed by atoms with Crippen LogP contribution in [0.2, 0.25) is 0 Å². The third-order valence-corrected chi connectivity index (χ3v) is 8.77. The number of aliphatic hydroxyl groups is 1. The van der Waals surface area contributed by atoms with Crippen LogP contribution < -0.4 is 5.69 Å². The molecule has 6 heteroatoms. The number of hydrogen-bond donors (Lipinski definition) is 1. The molecule has 2 aromatic carbocycles. The fourth-order valence-electron chi connectivity index (χ4n) is 6.67. The molecule has 0 fully saturated rings. The summed E-state index contributed by atoms with van der Waals surface area (Å²) in [6.07, 6.45) is 8.59. The van der Waals surface area contributed by atoms with E-state index in [1.165, 1.54) is 6.07 Å². The number of aryl methyl sites for hydroxylation is 3. The minimum Gasteiger partial charge on any atom is -0.389 e. The first-order valence-electron chi connectivity index (χ1n) is 15.1. The molecule has 0 amide bonds. The molecule has 0 saturated heterocycles. The first-order valence-corrected chi connectivity index (χ1v) is 15.1. The van der Waals surface area contributed by atoms with Crippen LogP contribution in [0.3, 0.4) is 0 Å². The van der Waals surface area contributed by atoms with E-state index in [1.54, 1.807) is 6.07 Å². The summed E-state index contributed by atoms with van der Waals surface area (Å²) in [5.41, 5.74) is 3.64. The summed E-state index contributed by atoms with van der Waals surface area (Å²) in [4.78, 5) is 15.4. The van der Waals surface area contributed by atoms with Crippen LogP contribution in [-0.4, -0.2) is 44.9 Å². The van der Waals surface area contributed by atoms with Gasteiger partial charge in [0, 0.05) is 25.6 Å². The van der Waals surface area contributed by atoms with Gasteiger partial charge < -0.3 is 10.0 Å². The minimum absolute atomic E-state index is 0.0339. The molecule has 2 atom stereocenters. The molecule has 1 N–H and O–H groups in total. The molecule has 0 aliphatic heterocycles. The lowest BCUT2D eigenvalue weighted by Crippen LogP contribution is -2.45. The number of unbranched alkanes of at least 4 members (excludes halogenated alkanes) is 4. The predicted octanol–water partition coefficient (Wildman–Crippen LogP) is 6.74. The summed E-state index contributed by atoms with van der Waals surface area (Å²) in [7, 11) is 2.14. The molecule has 0 radical (unpaired) electrons. The van der Waals surface area contributed by atoms with Gasteiger partial charge in [0.25, 0.3) is 0 Å². The van der Waals surface area contributed by atoms with Gasteiger partial charge in [-0.3, -0.25) is 9.13 Å². The molecule has 214 valence electrons. The third kappa shape index (κ3) is 6.83. The standard InChI is InChI=1S/C33H48FN3O2/c1-5-6-21-36-29-13-9-10-14-30(29)37(32(36)38)22-12-8-7-11-20-35(4)23-19-33(39)18-17-26-24-27(34)15-16-28(26)31(33)25(2)3/h9-10,13-16,24-25,31,39H,5-8,11-12,17-23H2,1-4H3/t31-,33-/m0/s1. The smallest absolute Gasteiger partial charge is 0.329 e. The third-order valence-electron chi connectivity index (χ3n) is 8.77. The van der Waals surface area contributed by atoms with E-state index < -0.39 is 5.60 Å². The molecule has 5 nitrogen and oxygen atoms in total. The molecule has 1 aromatic heterocycles. The van der Waals surface area contributed by atoms with Gasteiger partial charge in [0.05, 0.1) is 16.6 Å². The second-order valence-electron chi connectivity index (χ2n) is 12.1. The zero-order valence-corrected chi connectivity index (χ0v) is 24.5. The van der Waals surface area contributed by atoms with Gasteiger partial charge >= 0.3 is 5.69 Å². The molecule has 1 aliphatic carbocycles. The summed E-state index contributed by atoms with van der Waals surface area (Å²) in [5, 5.41) is 11.7. The fraction of sp³-hybridized carbons (Fsp3) is 0.606. The van der Waals surface area contributed by atoms with Gasteiger partial charge in [0.2, 0.25) is 0 Å². The van der Waals surface area contributed by atoms with Crippen LogP contribution in [0.4, 0.5) is 4.39 Å². The molecule has 0 spiro atoms. The van der Waals surface area contributed by atoms with Crippen molar-refractivity contribution >= 4 is 11.0 Å². The first-order chi connectivity index (χ1) is 18.7. The second kappa shape index (κ2) is 13.3. The van der Waals surface area contributed by atoms with E-state index >= 15 is 0 Å². The first kappa shape index (κ1) is 29.5. The Balaban J connectivity index is 1.23. The Morgan fingerprint density at radius 2 is 1.67 bits per heavy atom. The highest BCUT2D eigenvalue weighted by molar-refractivity contribution is 5.75. The summed E-state index contributed by atoms with van der Waals surface area (Å²) < 4.78 is 17.7. The van der Waals surface area contributed by atoms with Crippen LogP contribution in [0.15, 0.2) is 47.3 Å². The lowest BCUT2D eigenvalue weighted by Gasteiger charge is -2.44. The quantitative estimate of drug-likeness (QED) is 0.232. The second-order valence-corrected chi connectivity index (χ2v) is 12.1. The average molecular weight is 538 g/mol.